The maximum atomic E-state index is 15.1. The van der Waals surface area contributed by atoms with Crippen molar-refractivity contribution in [1.82, 2.24) is 4.67 Å². The predicted molar refractivity (Wildman–Crippen MR) is 137 cm³/mol. The fourth-order valence-electron chi connectivity index (χ4n) is 4.00. The SMILES string of the molecule is CCOC(=O)CCC(=O)OP(=O)(O)N(CC1CN(c2cc(F)c(N3C=CC(=O)CC3)c(F)c2F)C(=O)O1)C(=N)CC=O. The number of rotatable bonds is 12. The summed E-state index contributed by atoms with van der Waals surface area (Å²) in [7, 11) is -5.23. The normalized spacial score (nSPS) is 17.9. The maximum absolute atomic E-state index is 15.1. The van der Waals surface area contributed by atoms with Gasteiger partial charge in [-0.1, -0.05) is 0 Å². The molecule has 0 aliphatic carbocycles. The minimum atomic E-state index is -5.23. The number of amides is 1. The Morgan fingerprint density at radius 3 is 2.55 bits per heavy atom. The van der Waals surface area contributed by atoms with Gasteiger partial charge in [-0.15, -0.1) is 0 Å². The van der Waals surface area contributed by atoms with Crippen LogP contribution >= 0.6 is 7.75 Å². The van der Waals surface area contributed by atoms with Crippen molar-refractivity contribution in [2.75, 3.05) is 36.0 Å². The molecule has 1 amide bonds. The van der Waals surface area contributed by atoms with E-state index in [0.29, 0.717) is 11.0 Å². The fourth-order valence-corrected chi connectivity index (χ4v) is 5.23. The maximum Gasteiger partial charge on any atom is 0.489 e. The molecule has 18 heteroatoms. The van der Waals surface area contributed by atoms with Gasteiger partial charge in [-0.2, -0.15) is 0 Å². The van der Waals surface area contributed by atoms with Gasteiger partial charge >= 0.3 is 25.8 Å². The second-order valence-corrected chi connectivity index (χ2v) is 10.5. The molecule has 1 fully saturated rings. The van der Waals surface area contributed by atoms with Gasteiger partial charge in [-0.05, 0) is 13.0 Å². The molecule has 2 heterocycles. The Kier molecular flexibility index (Phi) is 10.5. The van der Waals surface area contributed by atoms with Crippen LogP contribution in [-0.4, -0.2) is 77.8 Å². The third kappa shape index (κ3) is 7.53. The van der Waals surface area contributed by atoms with Gasteiger partial charge in [-0.3, -0.25) is 34.3 Å². The Morgan fingerprint density at radius 1 is 1.24 bits per heavy atom. The average Bonchev–Trinajstić information content (AvgIpc) is 3.29. The summed E-state index contributed by atoms with van der Waals surface area (Å²) in [6.45, 7) is -0.0172. The van der Waals surface area contributed by atoms with Crippen LogP contribution in [0.2, 0.25) is 0 Å². The summed E-state index contributed by atoms with van der Waals surface area (Å²) in [5, 5.41) is 7.98. The van der Waals surface area contributed by atoms with Crippen molar-refractivity contribution < 1.29 is 60.6 Å². The quantitative estimate of drug-likeness (QED) is 0.0873. The van der Waals surface area contributed by atoms with Crippen LogP contribution in [-0.2, 0) is 37.7 Å². The summed E-state index contributed by atoms with van der Waals surface area (Å²) >= 11 is 0. The van der Waals surface area contributed by atoms with E-state index in [1.165, 1.54) is 6.92 Å². The smallest absolute Gasteiger partial charge is 0.466 e. The van der Waals surface area contributed by atoms with E-state index in [1.807, 2.05) is 0 Å². The standard InChI is InChI=1S/C24H26F3N4O10P/c1-2-39-19(34)3-4-20(35)41-42(37,38)31(18(28)7-10-32)13-15-12-30(24(36)40-15)17-11-16(25)23(22(27)21(17)26)29-8-5-14(33)6-9-29/h5,8,10-11,15,28H,2-4,6-7,9,12-13H2,1H3,(H,37,38). The Morgan fingerprint density at radius 2 is 1.93 bits per heavy atom. The molecule has 2 unspecified atom stereocenters. The minimum absolute atomic E-state index is 0.0332. The number of ketones is 1. The Bertz CT molecular complexity index is 1370. The van der Waals surface area contributed by atoms with Crippen molar-refractivity contribution in [1.29, 1.82) is 5.41 Å². The van der Waals surface area contributed by atoms with E-state index in [1.54, 1.807) is 0 Å². The van der Waals surface area contributed by atoms with Crippen molar-refractivity contribution in [2.45, 2.75) is 38.7 Å². The molecule has 1 aromatic rings. The zero-order valence-electron chi connectivity index (χ0n) is 22.1. The number of carbonyl (C=O) groups is 5. The van der Waals surface area contributed by atoms with Crippen LogP contribution in [0.5, 0.6) is 0 Å². The Hall–Kier alpha value is -4.24. The highest BCUT2D eigenvalue weighted by Crippen LogP contribution is 2.48. The summed E-state index contributed by atoms with van der Waals surface area (Å²) < 4.78 is 72.4. The van der Waals surface area contributed by atoms with Gasteiger partial charge < -0.3 is 23.7 Å². The lowest BCUT2D eigenvalue weighted by molar-refractivity contribution is -0.146. The summed E-state index contributed by atoms with van der Waals surface area (Å²) in [6, 6.07) is 0.538. The van der Waals surface area contributed by atoms with E-state index in [4.69, 9.17) is 10.1 Å². The number of nitrogens with one attached hydrogen (secondary N) is 1. The van der Waals surface area contributed by atoms with Gasteiger partial charge in [0.15, 0.2) is 23.2 Å². The molecule has 2 aliphatic rings. The molecule has 228 valence electrons. The lowest BCUT2D eigenvalue weighted by Crippen LogP contribution is -2.38. The average molecular weight is 618 g/mol. The van der Waals surface area contributed by atoms with Gasteiger partial charge in [0, 0.05) is 25.2 Å². The molecule has 14 nitrogen and oxygen atoms in total. The number of ether oxygens (including phenoxy) is 2. The van der Waals surface area contributed by atoms with Crippen LogP contribution in [0.4, 0.5) is 29.3 Å². The Labute approximate surface area is 236 Å². The molecular weight excluding hydrogens is 592 g/mol. The van der Waals surface area contributed by atoms with Crippen LogP contribution in [0.25, 0.3) is 0 Å². The van der Waals surface area contributed by atoms with Crippen molar-refractivity contribution in [3.05, 3.63) is 35.8 Å². The van der Waals surface area contributed by atoms with Gasteiger partial charge in [0.1, 0.15) is 23.9 Å². The van der Waals surface area contributed by atoms with Crippen LogP contribution in [0.3, 0.4) is 0 Å². The van der Waals surface area contributed by atoms with E-state index in [-0.39, 0.29) is 36.3 Å². The lowest BCUT2D eigenvalue weighted by Gasteiger charge is -2.29. The molecule has 2 N–H and O–H groups in total. The van der Waals surface area contributed by atoms with Crippen molar-refractivity contribution in [2.24, 2.45) is 0 Å². The highest BCUT2D eigenvalue weighted by atomic mass is 31.2. The van der Waals surface area contributed by atoms with E-state index in [0.717, 1.165) is 17.2 Å². The summed E-state index contributed by atoms with van der Waals surface area (Å²) in [5.41, 5.74) is -1.64. The first-order chi connectivity index (χ1) is 19.8. The molecule has 0 saturated carbocycles. The highest BCUT2D eigenvalue weighted by Gasteiger charge is 2.42. The first-order valence-electron chi connectivity index (χ1n) is 12.4. The molecule has 2 atom stereocenters. The Balaban J connectivity index is 1.79. The third-order valence-corrected chi connectivity index (χ3v) is 7.39. The highest BCUT2D eigenvalue weighted by molar-refractivity contribution is 7.51. The number of benzene rings is 1. The molecule has 3 rings (SSSR count). The van der Waals surface area contributed by atoms with Gasteiger partial charge in [-0.25, -0.2) is 22.5 Å². The lowest BCUT2D eigenvalue weighted by atomic mass is 10.1. The van der Waals surface area contributed by atoms with Crippen molar-refractivity contribution in [3.8, 4) is 0 Å². The monoisotopic (exact) mass is 618 g/mol. The summed E-state index contributed by atoms with van der Waals surface area (Å²) in [5.74, 6) is -7.73. The van der Waals surface area contributed by atoms with Crippen LogP contribution in [0.15, 0.2) is 18.3 Å². The van der Waals surface area contributed by atoms with Gasteiger partial charge in [0.2, 0.25) is 0 Å². The molecule has 42 heavy (non-hydrogen) atoms. The number of carbonyl (C=O) groups excluding carboxylic acids is 5. The summed E-state index contributed by atoms with van der Waals surface area (Å²) in [6.07, 6.45) is -2.28. The second kappa shape index (κ2) is 13.6. The molecule has 1 saturated heterocycles. The molecular formula is C24H26F3N4O10P. The number of nitrogens with zero attached hydrogens (tertiary/aromatic N) is 3. The predicted octanol–water partition coefficient (Wildman–Crippen LogP) is 2.58. The van der Waals surface area contributed by atoms with Crippen molar-refractivity contribution in [3.63, 3.8) is 0 Å². The van der Waals surface area contributed by atoms with Gasteiger partial charge in [0.05, 0.1) is 44.6 Å². The van der Waals surface area contributed by atoms with Crippen molar-refractivity contribution >= 4 is 55.1 Å². The first kappa shape index (κ1) is 32.3. The number of hydrogen-bond donors (Lipinski definition) is 2. The molecule has 0 radical (unpaired) electrons. The van der Waals surface area contributed by atoms with E-state index >= 15 is 4.39 Å². The van der Waals surface area contributed by atoms with Crippen LogP contribution in [0, 0.1) is 22.9 Å². The van der Waals surface area contributed by atoms with Gasteiger partial charge in [0.25, 0.3) is 0 Å². The second-order valence-electron chi connectivity index (χ2n) is 8.85. The minimum Gasteiger partial charge on any atom is -0.466 e. The summed E-state index contributed by atoms with van der Waals surface area (Å²) in [4.78, 5) is 70.3. The molecule has 1 aromatic carbocycles. The number of aldehydes is 1. The molecule has 0 aromatic heterocycles. The molecule has 2 aliphatic heterocycles. The topological polar surface area (TPSA) is 184 Å². The number of amidine groups is 1. The molecule has 0 bridgehead atoms. The van der Waals surface area contributed by atoms with E-state index in [9.17, 15) is 42.2 Å². The number of allylic oxidation sites excluding steroid dienone is 1. The zero-order chi connectivity index (χ0) is 31.2. The van der Waals surface area contributed by atoms with E-state index < -0.39 is 98.9 Å². The number of esters is 1. The zero-order valence-corrected chi connectivity index (χ0v) is 23.0. The van der Waals surface area contributed by atoms with Crippen LogP contribution < -0.4 is 9.80 Å². The fraction of sp³-hybridized carbons (Fsp3) is 0.417. The molecule has 0 spiro atoms. The van der Waals surface area contributed by atoms with E-state index in [2.05, 4.69) is 9.26 Å². The first-order valence-corrected chi connectivity index (χ1v) is 13.9. The number of halogens is 3. The number of anilines is 2. The third-order valence-electron chi connectivity index (χ3n) is 5.94. The number of hydrogen-bond acceptors (Lipinski definition) is 11. The van der Waals surface area contributed by atoms with Crippen LogP contribution in [0.1, 0.15) is 32.6 Å². The largest absolute Gasteiger partial charge is 0.489 e. The number of cyclic esters (lactones) is 1.